The van der Waals surface area contributed by atoms with Gasteiger partial charge in [0.15, 0.2) is 0 Å². The Morgan fingerprint density at radius 3 is 2.30 bits per heavy atom. The number of carboxylic acid groups (broad SMARTS) is 1. The molecule has 0 radical (unpaired) electrons. The second kappa shape index (κ2) is 5.82. The molecule has 1 aromatic rings. The fraction of sp³-hybridized carbons (Fsp3) is 0.467. The van der Waals surface area contributed by atoms with E-state index in [2.05, 4.69) is 4.74 Å². The Kier molecular flexibility index (Phi) is 4.37. The van der Waals surface area contributed by atoms with Crippen molar-refractivity contribution in [3.05, 3.63) is 35.4 Å². The number of esters is 1. The van der Waals surface area contributed by atoms with Gasteiger partial charge in [0.2, 0.25) is 5.67 Å². The standard InChI is InChI=1S/C15H14F4O4/c1-8-11(16)15(8,19)14(17,18)6-7-23-13(22)10-5-3-2-4-9(10)12(20)21/h2-5,8,11H,6-7H2,1H3,(H,20,21). The molecule has 1 aliphatic rings. The molecule has 0 spiro atoms. The number of carboxylic acids is 1. The highest BCUT2D eigenvalue weighted by molar-refractivity contribution is 6.02. The van der Waals surface area contributed by atoms with E-state index in [1.807, 2.05) is 0 Å². The molecule has 1 saturated carbocycles. The smallest absolute Gasteiger partial charge is 0.339 e. The Hall–Kier alpha value is -2.12. The van der Waals surface area contributed by atoms with Gasteiger partial charge < -0.3 is 9.84 Å². The maximum Gasteiger partial charge on any atom is 0.339 e. The van der Waals surface area contributed by atoms with Gasteiger partial charge in [0.25, 0.3) is 5.92 Å². The lowest BCUT2D eigenvalue weighted by Crippen LogP contribution is -2.37. The molecule has 3 unspecified atom stereocenters. The van der Waals surface area contributed by atoms with Crippen molar-refractivity contribution < 1.29 is 37.0 Å². The fourth-order valence-electron chi connectivity index (χ4n) is 2.39. The largest absolute Gasteiger partial charge is 0.478 e. The van der Waals surface area contributed by atoms with Crippen LogP contribution in [0.1, 0.15) is 34.1 Å². The lowest BCUT2D eigenvalue weighted by molar-refractivity contribution is -0.114. The molecule has 1 aliphatic carbocycles. The highest BCUT2D eigenvalue weighted by atomic mass is 19.3. The maximum atomic E-state index is 13.7. The number of ether oxygens (including phenoxy) is 1. The summed E-state index contributed by atoms with van der Waals surface area (Å²) in [6.45, 7) is 0.179. The number of benzene rings is 1. The Bertz CT molecular complexity index is 624. The van der Waals surface area contributed by atoms with Crippen LogP contribution in [0.15, 0.2) is 24.3 Å². The first kappa shape index (κ1) is 17.2. The molecule has 0 saturated heterocycles. The molecule has 4 nitrogen and oxygen atoms in total. The zero-order valence-corrected chi connectivity index (χ0v) is 12.1. The summed E-state index contributed by atoms with van der Waals surface area (Å²) in [5.74, 6) is -7.88. The van der Waals surface area contributed by atoms with Crippen LogP contribution < -0.4 is 0 Å². The summed E-state index contributed by atoms with van der Waals surface area (Å²) >= 11 is 0. The van der Waals surface area contributed by atoms with Gasteiger partial charge in [-0.25, -0.2) is 27.2 Å². The Morgan fingerprint density at radius 1 is 1.30 bits per heavy atom. The summed E-state index contributed by atoms with van der Waals surface area (Å²) in [6.07, 6.45) is -3.43. The third-order valence-electron chi connectivity index (χ3n) is 3.98. The molecular formula is C15H14F4O4. The number of alkyl halides is 4. The van der Waals surface area contributed by atoms with Gasteiger partial charge in [-0.2, -0.15) is 0 Å². The number of hydrogen-bond donors (Lipinski definition) is 1. The normalized spacial score (nSPS) is 26.7. The van der Waals surface area contributed by atoms with Crippen LogP contribution in [0.25, 0.3) is 0 Å². The molecule has 126 valence electrons. The van der Waals surface area contributed by atoms with Crippen LogP contribution in [-0.4, -0.2) is 41.4 Å². The Labute approximate surface area is 129 Å². The second-order valence-electron chi connectivity index (χ2n) is 5.40. The van der Waals surface area contributed by atoms with Gasteiger partial charge in [-0.3, -0.25) is 0 Å². The van der Waals surface area contributed by atoms with Crippen molar-refractivity contribution in [1.82, 2.24) is 0 Å². The quantitative estimate of drug-likeness (QED) is 0.641. The molecular weight excluding hydrogens is 320 g/mol. The molecule has 0 bridgehead atoms. The van der Waals surface area contributed by atoms with Crippen LogP contribution in [0.3, 0.4) is 0 Å². The number of carbonyl (C=O) groups is 2. The topological polar surface area (TPSA) is 63.6 Å². The average Bonchev–Trinajstić information content (AvgIpc) is 3.00. The summed E-state index contributed by atoms with van der Waals surface area (Å²) in [7, 11) is 0. The third-order valence-corrected chi connectivity index (χ3v) is 3.98. The van der Waals surface area contributed by atoms with E-state index in [-0.39, 0.29) is 11.1 Å². The predicted octanol–water partition coefficient (Wildman–Crippen LogP) is 3.26. The lowest BCUT2D eigenvalue weighted by Gasteiger charge is -2.20. The SMILES string of the molecule is CC1C(F)C1(F)C(F)(F)CCOC(=O)c1ccccc1C(=O)O. The monoisotopic (exact) mass is 334 g/mol. The minimum absolute atomic E-state index is 0.304. The van der Waals surface area contributed by atoms with Crippen molar-refractivity contribution in [2.75, 3.05) is 6.61 Å². The van der Waals surface area contributed by atoms with E-state index in [1.165, 1.54) is 18.2 Å². The van der Waals surface area contributed by atoms with Crippen LogP contribution in [0, 0.1) is 5.92 Å². The molecule has 1 aromatic carbocycles. The van der Waals surface area contributed by atoms with Crippen molar-refractivity contribution >= 4 is 11.9 Å². The van der Waals surface area contributed by atoms with E-state index in [0.29, 0.717) is 0 Å². The van der Waals surface area contributed by atoms with E-state index < -0.39 is 48.6 Å². The van der Waals surface area contributed by atoms with Gasteiger partial charge in [0.1, 0.15) is 6.17 Å². The number of aromatic carboxylic acids is 1. The molecule has 0 aliphatic heterocycles. The summed E-state index contributed by atoms with van der Waals surface area (Å²) in [5.41, 5.74) is -3.88. The van der Waals surface area contributed by atoms with Gasteiger partial charge in [0, 0.05) is 12.3 Å². The molecule has 1 fully saturated rings. The molecule has 0 heterocycles. The van der Waals surface area contributed by atoms with Crippen LogP contribution in [0.2, 0.25) is 0 Å². The molecule has 0 amide bonds. The Morgan fingerprint density at radius 2 is 1.83 bits per heavy atom. The van der Waals surface area contributed by atoms with Crippen LogP contribution in [0.5, 0.6) is 0 Å². The Balaban J connectivity index is 1.97. The molecule has 1 N–H and O–H groups in total. The van der Waals surface area contributed by atoms with Crippen LogP contribution >= 0.6 is 0 Å². The van der Waals surface area contributed by atoms with Crippen molar-refractivity contribution in [3.63, 3.8) is 0 Å². The maximum absolute atomic E-state index is 13.7. The van der Waals surface area contributed by atoms with Crippen LogP contribution in [0.4, 0.5) is 17.6 Å². The van der Waals surface area contributed by atoms with Gasteiger partial charge >= 0.3 is 11.9 Å². The summed E-state index contributed by atoms with van der Waals surface area (Å²) in [4.78, 5) is 22.7. The molecule has 8 heteroatoms. The zero-order valence-electron chi connectivity index (χ0n) is 12.1. The molecule has 2 rings (SSSR count). The number of carbonyl (C=O) groups excluding carboxylic acids is 1. The summed E-state index contributed by atoms with van der Waals surface area (Å²) < 4.78 is 58.6. The fourth-order valence-corrected chi connectivity index (χ4v) is 2.39. The zero-order chi connectivity index (χ0) is 17.4. The summed E-state index contributed by atoms with van der Waals surface area (Å²) in [5, 5.41) is 8.92. The third kappa shape index (κ3) is 2.89. The van der Waals surface area contributed by atoms with E-state index in [9.17, 15) is 27.2 Å². The van der Waals surface area contributed by atoms with Gasteiger partial charge in [-0.05, 0) is 12.1 Å². The van der Waals surface area contributed by atoms with Crippen molar-refractivity contribution in [3.8, 4) is 0 Å². The van der Waals surface area contributed by atoms with Crippen molar-refractivity contribution in [2.45, 2.75) is 31.1 Å². The van der Waals surface area contributed by atoms with E-state index in [1.54, 1.807) is 0 Å². The first-order chi connectivity index (χ1) is 10.6. The summed E-state index contributed by atoms with van der Waals surface area (Å²) in [6, 6.07) is 5.09. The van der Waals surface area contributed by atoms with Gasteiger partial charge in [-0.1, -0.05) is 19.1 Å². The minimum Gasteiger partial charge on any atom is -0.478 e. The number of hydrogen-bond acceptors (Lipinski definition) is 3. The lowest BCUT2D eigenvalue weighted by atomic mass is 10.1. The first-order valence-corrected chi connectivity index (χ1v) is 6.83. The van der Waals surface area contributed by atoms with E-state index in [4.69, 9.17) is 5.11 Å². The predicted molar refractivity (Wildman–Crippen MR) is 71.1 cm³/mol. The average molecular weight is 334 g/mol. The van der Waals surface area contributed by atoms with Crippen LogP contribution in [-0.2, 0) is 4.74 Å². The van der Waals surface area contributed by atoms with Crippen molar-refractivity contribution in [2.24, 2.45) is 5.92 Å². The first-order valence-electron chi connectivity index (χ1n) is 6.83. The highest BCUT2D eigenvalue weighted by Crippen LogP contribution is 2.59. The molecule has 3 atom stereocenters. The second-order valence-corrected chi connectivity index (χ2v) is 5.40. The van der Waals surface area contributed by atoms with Crippen molar-refractivity contribution in [1.29, 1.82) is 0 Å². The van der Waals surface area contributed by atoms with E-state index in [0.717, 1.165) is 13.0 Å². The minimum atomic E-state index is -3.97. The molecule has 0 aromatic heterocycles. The molecule has 23 heavy (non-hydrogen) atoms. The van der Waals surface area contributed by atoms with Gasteiger partial charge in [0.05, 0.1) is 17.7 Å². The number of halogens is 4. The van der Waals surface area contributed by atoms with Gasteiger partial charge in [-0.15, -0.1) is 0 Å². The highest BCUT2D eigenvalue weighted by Gasteiger charge is 2.77. The van der Waals surface area contributed by atoms with E-state index >= 15 is 0 Å². The number of rotatable bonds is 6.